The third-order valence-electron chi connectivity index (χ3n) is 4.89. The average Bonchev–Trinajstić information content (AvgIpc) is 3.27. The Morgan fingerprint density at radius 1 is 0.788 bits per heavy atom. The molecule has 0 bridgehead atoms. The van der Waals surface area contributed by atoms with E-state index >= 15 is 0 Å². The zero-order valence-corrected chi connectivity index (χ0v) is 17.2. The standard InChI is InChI=1S/C26H17F3N2O2/c27-26(28,29)25(33)22(24(32)19-12-6-2-7-13-19)16-20-17-31(21-14-8-3-9-15-21)30-23(20)18-10-4-1-5-11-18/h1-17H/b22-16+. The predicted octanol–water partition coefficient (Wildman–Crippen LogP) is 5.94. The number of hydrogen-bond donors (Lipinski definition) is 0. The highest BCUT2D eigenvalue weighted by atomic mass is 19.4. The largest absolute Gasteiger partial charge is 0.455 e. The Hall–Kier alpha value is -4.26. The van der Waals surface area contributed by atoms with Crippen LogP contribution in [0.25, 0.3) is 23.0 Å². The summed E-state index contributed by atoms with van der Waals surface area (Å²) in [5, 5.41) is 4.53. The molecule has 0 saturated heterocycles. The quantitative estimate of drug-likeness (QED) is 0.160. The second-order valence-electron chi connectivity index (χ2n) is 7.16. The molecule has 0 N–H and O–H groups in total. The van der Waals surface area contributed by atoms with Gasteiger partial charge in [-0.05, 0) is 18.2 Å². The fourth-order valence-corrected chi connectivity index (χ4v) is 3.31. The number of nitrogens with zero attached hydrogens (tertiary/aromatic N) is 2. The number of rotatable bonds is 6. The number of allylic oxidation sites excluding steroid dienone is 1. The minimum atomic E-state index is -5.21. The number of aromatic nitrogens is 2. The Morgan fingerprint density at radius 2 is 1.33 bits per heavy atom. The van der Waals surface area contributed by atoms with Crippen LogP contribution in [0.4, 0.5) is 13.2 Å². The maximum Gasteiger partial charge on any atom is 0.455 e. The number of alkyl halides is 3. The second kappa shape index (κ2) is 9.08. The molecule has 0 amide bonds. The lowest BCUT2D eigenvalue weighted by Crippen LogP contribution is -2.28. The van der Waals surface area contributed by atoms with Gasteiger partial charge in [-0.25, -0.2) is 4.68 Å². The van der Waals surface area contributed by atoms with Gasteiger partial charge in [-0.2, -0.15) is 18.3 Å². The molecule has 4 aromatic rings. The summed E-state index contributed by atoms with van der Waals surface area (Å²) in [5.41, 5.74) is 0.864. The fourth-order valence-electron chi connectivity index (χ4n) is 3.31. The molecule has 0 saturated carbocycles. The first-order valence-electron chi connectivity index (χ1n) is 9.98. The van der Waals surface area contributed by atoms with Crippen molar-refractivity contribution >= 4 is 17.6 Å². The van der Waals surface area contributed by atoms with Crippen molar-refractivity contribution in [2.75, 3.05) is 0 Å². The van der Waals surface area contributed by atoms with Crippen molar-refractivity contribution in [3.05, 3.63) is 114 Å². The van der Waals surface area contributed by atoms with Crippen LogP contribution in [0.2, 0.25) is 0 Å². The van der Waals surface area contributed by atoms with Crippen LogP contribution in [-0.4, -0.2) is 27.5 Å². The zero-order chi connectivity index (χ0) is 23.4. The van der Waals surface area contributed by atoms with Crippen molar-refractivity contribution in [1.29, 1.82) is 0 Å². The maximum absolute atomic E-state index is 13.4. The number of benzene rings is 3. The van der Waals surface area contributed by atoms with Crippen LogP contribution in [0, 0.1) is 0 Å². The topological polar surface area (TPSA) is 52.0 Å². The summed E-state index contributed by atoms with van der Waals surface area (Å²) in [5.74, 6) is -3.22. The molecule has 4 rings (SSSR count). The van der Waals surface area contributed by atoms with Crippen LogP contribution in [0.5, 0.6) is 0 Å². The number of halogens is 3. The van der Waals surface area contributed by atoms with Gasteiger partial charge in [0, 0.05) is 22.9 Å². The van der Waals surface area contributed by atoms with Crippen LogP contribution in [0.15, 0.2) is 103 Å². The Kier molecular flexibility index (Phi) is 6.04. The molecular formula is C26H17F3N2O2. The highest BCUT2D eigenvalue weighted by molar-refractivity contribution is 6.30. The van der Waals surface area contributed by atoms with Crippen molar-refractivity contribution < 1.29 is 22.8 Å². The third kappa shape index (κ3) is 4.82. The van der Waals surface area contributed by atoms with Gasteiger partial charge in [-0.1, -0.05) is 78.9 Å². The van der Waals surface area contributed by atoms with Crippen molar-refractivity contribution in [1.82, 2.24) is 9.78 Å². The molecule has 33 heavy (non-hydrogen) atoms. The second-order valence-corrected chi connectivity index (χ2v) is 7.16. The molecule has 0 radical (unpaired) electrons. The molecule has 0 fully saturated rings. The maximum atomic E-state index is 13.4. The van der Waals surface area contributed by atoms with E-state index in [-0.39, 0.29) is 11.1 Å². The summed E-state index contributed by atoms with van der Waals surface area (Å²) in [4.78, 5) is 25.2. The number of ketones is 2. The molecule has 0 atom stereocenters. The lowest BCUT2D eigenvalue weighted by atomic mass is 9.96. The van der Waals surface area contributed by atoms with E-state index in [1.807, 2.05) is 6.07 Å². The summed E-state index contributed by atoms with van der Waals surface area (Å²) in [6.07, 6.45) is -2.74. The molecule has 0 aliphatic carbocycles. The fraction of sp³-hybridized carbons (Fsp3) is 0.0385. The Bertz CT molecular complexity index is 1310. The number of carbonyl (C=O) groups excluding carboxylic acids is 2. The third-order valence-corrected chi connectivity index (χ3v) is 4.89. The van der Waals surface area contributed by atoms with Gasteiger partial charge in [0.2, 0.25) is 0 Å². The summed E-state index contributed by atoms with van der Waals surface area (Å²) in [7, 11) is 0. The minimum Gasteiger partial charge on any atom is -0.288 e. The van der Waals surface area contributed by atoms with Gasteiger partial charge in [0.05, 0.1) is 17.0 Å². The molecule has 7 heteroatoms. The normalized spacial score (nSPS) is 11.9. The highest BCUT2D eigenvalue weighted by Crippen LogP contribution is 2.29. The van der Waals surface area contributed by atoms with Crippen LogP contribution >= 0.6 is 0 Å². The van der Waals surface area contributed by atoms with Crippen LogP contribution in [0.3, 0.4) is 0 Å². The van der Waals surface area contributed by atoms with Gasteiger partial charge in [0.15, 0.2) is 5.78 Å². The van der Waals surface area contributed by atoms with Crippen molar-refractivity contribution in [2.45, 2.75) is 6.18 Å². The molecule has 0 aliphatic rings. The van der Waals surface area contributed by atoms with Gasteiger partial charge in [0.25, 0.3) is 5.78 Å². The Labute approximate surface area is 187 Å². The number of hydrogen-bond acceptors (Lipinski definition) is 3. The van der Waals surface area contributed by atoms with Crippen LogP contribution < -0.4 is 0 Å². The lowest BCUT2D eigenvalue weighted by molar-refractivity contribution is -0.166. The van der Waals surface area contributed by atoms with Crippen molar-refractivity contribution in [3.8, 4) is 16.9 Å². The molecule has 4 nitrogen and oxygen atoms in total. The summed E-state index contributed by atoms with van der Waals surface area (Å²) < 4.78 is 41.7. The first-order chi connectivity index (χ1) is 15.8. The Balaban J connectivity index is 1.91. The zero-order valence-electron chi connectivity index (χ0n) is 17.2. The highest BCUT2D eigenvalue weighted by Gasteiger charge is 2.43. The van der Waals surface area contributed by atoms with E-state index in [1.165, 1.54) is 35.1 Å². The number of carbonyl (C=O) groups is 2. The molecule has 0 unspecified atom stereocenters. The van der Waals surface area contributed by atoms with E-state index in [1.54, 1.807) is 60.7 Å². The molecule has 1 heterocycles. The summed E-state index contributed by atoms with van der Waals surface area (Å²) in [6.45, 7) is 0. The molecule has 0 spiro atoms. The SMILES string of the molecule is O=C(/C(=C\c1cn(-c2ccccc2)nc1-c1ccccc1)C(=O)C(F)(F)F)c1ccccc1. The van der Waals surface area contributed by atoms with Gasteiger partial charge in [-0.3, -0.25) is 9.59 Å². The van der Waals surface area contributed by atoms with Crippen molar-refractivity contribution in [3.63, 3.8) is 0 Å². The van der Waals surface area contributed by atoms with Gasteiger partial charge in [-0.15, -0.1) is 0 Å². The average molecular weight is 446 g/mol. The first-order valence-corrected chi connectivity index (χ1v) is 9.98. The van der Waals surface area contributed by atoms with Crippen LogP contribution in [-0.2, 0) is 4.79 Å². The molecule has 1 aromatic heterocycles. The molecular weight excluding hydrogens is 429 g/mol. The predicted molar refractivity (Wildman–Crippen MR) is 119 cm³/mol. The molecule has 3 aromatic carbocycles. The van der Waals surface area contributed by atoms with Crippen molar-refractivity contribution in [2.24, 2.45) is 0 Å². The number of Topliss-reactive ketones (excluding diaryl/α,β-unsaturated/α-hetero) is 2. The van der Waals surface area contributed by atoms with Gasteiger partial charge < -0.3 is 0 Å². The lowest BCUT2D eigenvalue weighted by Gasteiger charge is -2.09. The smallest absolute Gasteiger partial charge is 0.288 e. The van der Waals surface area contributed by atoms with E-state index in [0.717, 1.165) is 6.08 Å². The number of para-hydroxylation sites is 1. The van der Waals surface area contributed by atoms with Crippen LogP contribution in [0.1, 0.15) is 15.9 Å². The van der Waals surface area contributed by atoms with E-state index in [9.17, 15) is 22.8 Å². The minimum absolute atomic E-state index is 0.0157. The van der Waals surface area contributed by atoms with E-state index in [4.69, 9.17) is 0 Å². The van der Waals surface area contributed by atoms with E-state index in [2.05, 4.69) is 5.10 Å². The molecule has 0 aliphatic heterocycles. The Morgan fingerprint density at radius 3 is 1.91 bits per heavy atom. The molecule has 164 valence electrons. The van der Waals surface area contributed by atoms with Gasteiger partial charge >= 0.3 is 6.18 Å². The summed E-state index contributed by atoms with van der Waals surface area (Å²) in [6, 6.07) is 25.2. The van der Waals surface area contributed by atoms with Gasteiger partial charge in [0.1, 0.15) is 0 Å². The summed E-state index contributed by atoms with van der Waals surface area (Å²) >= 11 is 0. The monoisotopic (exact) mass is 446 g/mol. The van der Waals surface area contributed by atoms with E-state index < -0.39 is 23.3 Å². The first kappa shape index (κ1) is 22.0. The van der Waals surface area contributed by atoms with E-state index in [0.29, 0.717) is 16.9 Å².